The Hall–Kier alpha value is -1.86. The number of benzene rings is 3. The minimum Gasteiger partial charge on any atom is -0.385 e. The molecule has 0 unspecified atom stereocenters. The largest absolute Gasteiger partial charge is 0.385 e. The normalized spacial score (nSPS) is 17.5. The average molecular weight is 248 g/mol. The molecule has 3 aromatic rings. The second-order valence-electron chi connectivity index (χ2n) is 5.58. The topological polar surface area (TPSA) is 20.2 Å². The summed E-state index contributed by atoms with van der Waals surface area (Å²) in [6, 6.07) is 19.0. The van der Waals surface area contributed by atoms with Crippen LogP contribution in [0.4, 0.5) is 0 Å². The molecule has 19 heavy (non-hydrogen) atoms. The molecule has 0 heterocycles. The second kappa shape index (κ2) is 3.82. The van der Waals surface area contributed by atoms with E-state index in [1.807, 2.05) is 0 Å². The maximum absolute atomic E-state index is 10.7. The van der Waals surface area contributed by atoms with Crippen molar-refractivity contribution < 1.29 is 5.11 Å². The zero-order valence-electron chi connectivity index (χ0n) is 10.8. The third kappa shape index (κ3) is 1.52. The quantitative estimate of drug-likeness (QED) is 0.634. The van der Waals surface area contributed by atoms with Gasteiger partial charge in [0.05, 0.1) is 5.60 Å². The number of hydrogen-bond donors (Lipinski definition) is 1. The predicted molar refractivity (Wildman–Crippen MR) is 79.2 cm³/mol. The third-order valence-corrected chi connectivity index (χ3v) is 4.45. The lowest BCUT2D eigenvalue weighted by Crippen LogP contribution is -2.33. The molecule has 0 aromatic heterocycles. The standard InChI is InChI=1S/C18H16O/c19-18(10-5-11-18)17-12-13-6-1-2-7-14(13)15-8-3-4-9-16(15)17/h1-4,6-9,12,19H,5,10-11H2. The fourth-order valence-electron chi connectivity index (χ4n) is 3.22. The number of rotatable bonds is 1. The van der Waals surface area contributed by atoms with Gasteiger partial charge in [-0.2, -0.15) is 0 Å². The lowest BCUT2D eigenvalue weighted by Gasteiger charge is -2.38. The second-order valence-corrected chi connectivity index (χ2v) is 5.58. The highest BCUT2D eigenvalue weighted by molar-refractivity contribution is 6.09. The van der Waals surface area contributed by atoms with Crippen molar-refractivity contribution in [1.29, 1.82) is 0 Å². The molecule has 0 amide bonds. The maximum atomic E-state index is 10.7. The monoisotopic (exact) mass is 248 g/mol. The van der Waals surface area contributed by atoms with E-state index in [0.717, 1.165) is 24.8 Å². The van der Waals surface area contributed by atoms with Gasteiger partial charge in [0.1, 0.15) is 0 Å². The van der Waals surface area contributed by atoms with E-state index in [4.69, 9.17) is 0 Å². The summed E-state index contributed by atoms with van der Waals surface area (Å²) in [5.74, 6) is 0. The molecule has 0 aliphatic heterocycles. The Labute approximate surface area is 112 Å². The van der Waals surface area contributed by atoms with Gasteiger partial charge in [-0.1, -0.05) is 48.5 Å². The van der Waals surface area contributed by atoms with Gasteiger partial charge in [0.15, 0.2) is 0 Å². The van der Waals surface area contributed by atoms with Gasteiger partial charge in [0.2, 0.25) is 0 Å². The molecular formula is C18H16O. The molecule has 0 atom stereocenters. The molecule has 1 nitrogen and oxygen atoms in total. The van der Waals surface area contributed by atoms with Crippen LogP contribution in [0.5, 0.6) is 0 Å². The summed E-state index contributed by atoms with van der Waals surface area (Å²) in [5, 5.41) is 15.7. The Morgan fingerprint density at radius 2 is 1.42 bits per heavy atom. The fraction of sp³-hybridized carbons (Fsp3) is 0.222. The highest BCUT2D eigenvalue weighted by atomic mass is 16.3. The van der Waals surface area contributed by atoms with Gasteiger partial charge < -0.3 is 5.11 Å². The number of aliphatic hydroxyl groups is 1. The van der Waals surface area contributed by atoms with E-state index in [1.54, 1.807) is 0 Å². The Morgan fingerprint density at radius 3 is 2.11 bits per heavy atom. The fourth-order valence-corrected chi connectivity index (χ4v) is 3.22. The number of fused-ring (bicyclic) bond motifs is 3. The van der Waals surface area contributed by atoms with Gasteiger partial charge in [-0.15, -0.1) is 0 Å². The zero-order valence-corrected chi connectivity index (χ0v) is 10.8. The molecule has 0 bridgehead atoms. The van der Waals surface area contributed by atoms with Gasteiger partial charge in [0, 0.05) is 0 Å². The van der Waals surface area contributed by atoms with Crippen molar-refractivity contribution in [3.8, 4) is 0 Å². The van der Waals surface area contributed by atoms with Crippen LogP contribution in [0.1, 0.15) is 24.8 Å². The van der Waals surface area contributed by atoms with Crippen LogP contribution in [-0.2, 0) is 5.60 Å². The maximum Gasteiger partial charge on any atom is 0.0902 e. The molecular weight excluding hydrogens is 232 g/mol. The first-order chi connectivity index (χ1) is 9.28. The van der Waals surface area contributed by atoms with E-state index in [9.17, 15) is 5.11 Å². The Balaban J connectivity index is 2.16. The minimum atomic E-state index is -0.608. The SMILES string of the molecule is OC1(c2cc3ccccc3c3ccccc23)CCC1. The van der Waals surface area contributed by atoms with Crippen molar-refractivity contribution >= 4 is 21.5 Å². The molecule has 1 heteroatoms. The lowest BCUT2D eigenvalue weighted by atomic mass is 9.73. The van der Waals surface area contributed by atoms with Crippen LogP contribution in [-0.4, -0.2) is 5.11 Å². The number of hydrogen-bond acceptors (Lipinski definition) is 1. The molecule has 1 fully saturated rings. The van der Waals surface area contributed by atoms with Gasteiger partial charge in [-0.3, -0.25) is 0 Å². The average Bonchev–Trinajstić information content (AvgIpc) is 2.44. The van der Waals surface area contributed by atoms with Crippen LogP contribution in [0, 0.1) is 0 Å². The van der Waals surface area contributed by atoms with Crippen molar-refractivity contribution in [1.82, 2.24) is 0 Å². The molecule has 94 valence electrons. The summed E-state index contributed by atoms with van der Waals surface area (Å²) in [6.45, 7) is 0. The first kappa shape index (κ1) is 11.0. The van der Waals surface area contributed by atoms with Crippen LogP contribution >= 0.6 is 0 Å². The van der Waals surface area contributed by atoms with E-state index in [1.165, 1.54) is 21.5 Å². The summed E-state index contributed by atoms with van der Waals surface area (Å²) < 4.78 is 0. The molecule has 0 saturated heterocycles. The molecule has 0 radical (unpaired) electrons. The minimum absolute atomic E-state index is 0.608. The van der Waals surface area contributed by atoms with Crippen LogP contribution in [0.15, 0.2) is 54.6 Å². The zero-order chi connectivity index (χ0) is 12.9. The van der Waals surface area contributed by atoms with Crippen LogP contribution in [0.25, 0.3) is 21.5 Å². The van der Waals surface area contributed by atoms with Crippen LogP contribution < -0.4 is 0 Å². The molecule has 1 aliphatic rings. The van der Waals surface area contributed by atoms with Gasteiger partial charge in [0.25, 0.3) is 0 Å². The first-order valence-corrected chi connectivity index (χ1v) is 6.91. The summed E-state index contributed by atoms with van der Waals surface area (Å²) in [4.78, 5) is 0. The van der Waals surface area contributed by atoms with E-state index in [2.05, 4.69) is 54.6 Å². The summed E-state index contributed by atoms with van der Waals surface area (Å²) in [7, 11) is 0. The first-order valence-electron chi connectivity index (χ1n) is 6.91. The Morgan fingerprint density at radius 1 is 0.789 bits per heavy atom. The molecule has 1 N–H and O–H groups in total. The van der Waals surface area contributed by atoms with Crippen molar-refractivity contribution in [2.75, 3.05) is 0 Å². The molecule has 0 spiro atoms. The van der Waals surface area contributed by atoms with E-state index < -0.39 is 5.60 Å². The Kier molecular flexibility index (Phi) is 2.21. The smallest absolute Gasteiger partial charge is 0.0902 e. The third-order valence-electron chi connectivity index (χ3n) is 4.45. The van der Waals surface area contributed by atoms with Gasteiger partial charge in [-0.25, -0.2) is 0 Å². The van der Waals surface area contributed by atoms with Crippen molar-refractivity contribution in [3.63, 3.8) is 0 Å². The van der Waals surface area contributed by atoms with Gasteiger partial charge in [-0.05, 0) is 52.4 Å². The van der Waals surface area contributed by atoms with Crippen LogP contribution in [0.2, 0.25) is 0 Å². The molecule has 4 rings (SSSR count). The summed E-state index contributed by atoms with van der Waals surface area (Å²) >= 11 is 0. The van der Waals surface area contributed by atoms with Crippen molar-refractivity contribution in [2.45, 2.75) is 24.9 Å². The van der Waals surface area contributed by atoms with Gasteiger partial charge >= 0.3 is 0 Å². The van der Waals surface area contributed by atoms with Crippen molar-refractivity contribution in [3.05, 3.63) is 60.2 Å². The predicted octanol–water partition coefficient (Wildman–Crippen LogP) is 4.36. The van der Waals surface area contributed by atoms with E-state index in [0.29, 0.717) is 0 Å². The molecule has 3 aromatic carbocycles. The summed E-state index contributed by atoms with van der Waals surface area (Å²) in [5.41, 5.74) is 0.497. The molecule has 1 aliphatic carbocycles. The summed E-state index contributed by atoms with van der Waals surface area (Å²) in [6.07, 6.45) is 2.89. The molecule has 1 saturated carbocycles. The highest BCUT2D eigenvalue weighted by Gasteiger charge is 2.37. The van der Waals surface area contributed by atoms with E-state index >= 15 is 0 Å². The van der Waals surface area contributed by atoms with Crippen molar-refractivity contribution in [2.24, 2.45) is 0 Å². The van der Waals surface area contributed by atoms with E-state index in [-0.39, 0.29) is 0 Å². The Bertz CT molecular complexity index is 769. The van der Waals surface area contributed by atoms with Crippen LogP contribution in [0.3, 0.4) is 0 Å². The lowest BCUT2D eigenvalue weighted by molar-refractivity contribution is -0.0373. The highest BCUT2D eigenvalue weighted by Crippen LogP contribution is 2.45.